The van der Waals surface area contributed by atoms with E-state index in [2.05, 4.69) is 24.1 Å². The summed E-state index contributed by atoms with van der Waals surface area (Å²) in [6.45, 7) is 6.64. The first kappa shape index (κ1) is 9.36. The number of nitrogens with one attached hydrogen (secondary N) is 2. The van der Waals surface area contributed by atoms with Gasteiger partial charge in [-0.2, -0.15) is 0 Å². The van der Waals surface area contributed by atoms with Crippen molar-refractivity contribution in [2.24, 2.45) is 5.41 Å². The van der Waals surface area contributed by atoms with Crippen molar-refractivity contribution in [3.05, 3.63) is 0 Å². The molecule has 0 aromatic heterocycles. The van der Waals surface area contributed by atoms with E-state index in [-0.39, 0.29) is 0 Å². The SMILES string of the molecule is CNC(=N)N1CCC(C)(C)CC1. The van der Waals surface area contributed by atoms with Crippen LogP contribution in [0.5, 0.6) is 0 Å². The molecule has 0 atom stereocenters. The number of hydrogen-bond acceptors (Lipinski definition) is 1. The third-order valence-electron chi connectivity index (χ3n) is 2.67. The number of rotatable bonds is 0. The molecule has 1 rings (SSSR count). The minimum absolute atomic E-state index is 0.477. The lowest BCUT2D eigenvalue weighted by Crippen LogP contribution is -2.45. The molecular formula is C9H19N3. The fourth-order valence-corrected chi connectivity index (χ4v) is 1.49. The Labute approximate surface area is 74.6 Å². The van der Waals surface area contributed by atoms with Crippen LogP contribution in [-0.2, 0) is 0 Å². The molecular weight excluding hydrogens is 150 g/mol. The van der Waals surface area contributed by atoms with Crippen LogP contribution in [0.15, 0.2) is 0 Å². The summed E-state index contributed by atoms with van der Waals surface area (Å²) in [6, 6.07) is 0. The van der Waals surface area contributed by atoms with Gasteiger partial charge < -0.3 is 10.2 Å². The first-order valence-electron chi connectivity index (χ1n) is 4.56. The molecule has 0 aromatic carbocycles. The van der Waals surface area contributed by atoms with E-state index < -0.39 is 0 Å². The van der Waals surface area contributed by atoms with E-state index in [1.54, 1.807) is 0 Å². The molecule has 0 amide bonds. The van der Waals surface area contributed by atoms with Gasteiger partial charge in [-0.25, -0.2) is 0 Å². The van der Waals surface area contributed by atoms with Crippen LogP contribution in [0, 0.1) is 10.8 Å². The molecule has 12 heavy (non-hydrogen) atoms. The van der Waals surface area contributed by atoms with E-state index in [4.69, 9.17) is 5.41 Å². The number of piperidine rings is 1. The highest BCUT2D eigenvalue weighted by atomic mass is 15.3. The molecule has 0 unspecified atom stereocenters. The van der Waals surface area contributed by atoms with Crippen molar-refractivity contribution in [1.29, 1.82) is 5.41 Å². The van der Waals surface area contributed by atoms with E-state index in [0.29, 0.717) is 11.4 Å². The maximum absolute atomic E-state index is 7.58. The monoisotopic (exact) mass is 169 g/mol. The highest BCUT2D eigenvalue weighted by molar-refractivity contribution is 5.76. The molecule has 1 saturated heterocycles. The molecule has 0 bridgehead atoms. The van der Waals surface area contributed by atoms with Gasteiger partial charge >= 0.3 is 0 Å². The number of nitrogens with zero attached hydrogens (tertiary/aromatic N) is 1. The van der Waals surface area contributed by atoms with Crippen LogP contribution in [0.2, 0.25) is 0 Å². The van der Waals surface area contributed by atoms with Crippen molar-refractivity contribution >= 4 is 5.96 Å². The molecule has 0 spiro atoms. The van der Waals surface area contributed by atoms with Gasteiger partial charge in [0.25, 0.3) is 0 Å². The van der Waals surface area contributed by atoms with E-state index in [9.17, 15) is 0 Å². The van der Waals surface area contributed by atoms with Gasteiger partial charge in [0.2, 0.25) is 0 Å². The van der Waals surface area contributed by atoms with Crippen LogP contribution in [0.3, 0.4) is 0 Å². The Morgan fingerprint density at radius 2 is 1.83 bits per heavy atom. The number of hydrogen-bond donors (Lipinski definition) is 2. The van der Waals surface area contributed by atoms with Crippen molar-refractivity contribution in [3.63, 3.8) is 0 Å². The topological polar surface area (TPSA) is 39.1 Å². The van der Waals surface area contributed by atoms with Gasteiger partial charge in [-0.3, -0.25) is 5.41 Å². The van der Waals surface area contributed by atoms with Crippen LogP contribution in [-0.4, -0.2) is 31.0 Å². The van der Waals surface area contributed by atoms with Gasteiger partial charge in [-0.1, -0.05) is 13.8 Å². The second kappa shape index (κ2) is 3.33. The van der Waals surface area contributed by atoms with Crippen LogP contribution in [0.25, 0.3) is 0 Å². The molecule has 1 fully saturated rings. The zero-order valence-electron chi connectivity index (χ0n) is 8.28. The Hall–Kier alpha value is -0.730. The van der Waals surface area contributed by atoms with E-state index in [1.165, 1.54) is 12.8 Å². The molecule has 70 valence electrons. The fourth-order valence-electron chi connectivity index (χ4n) is 1.49. The lowest BCUT2D eigenvalue weighted by atomic mass is 9.83. The standard InChI is InChI=1S/C9H19N3/c1-9(2)4-6-12(7-5-9)8(10)11-3/h4-7H2,1-3H3,(H2,10,11). The Morgan fingerprint density at radius 1 is 1.33 bits per heavy atom. The smallest absolute Gasteiger partial charge is 0.190 e. The summed E-state index contributed by atoms with van der Waals surface area (Å²) in [4.78, 5) is 2.10. The molecule has 3 heteroatoms. The van der Waals surface area contributed by atoms with Crippen LogP contribution >= 0.6 is 0 Å². The van der Waals surface area contributed by atoms with Crippen molar-refractivity contribution in [2.75, 3.05) is 20.1 Å². The number of guanidine groups is 1. The van der Waals surface area contributed by atoms with Gasteiger partial charge in [0.05, 0.1) is 0 Å². The third kappa shape index (κ3) is 2.13. The molecule has 0 aliphatic carbocycles. The van der Waals surface area contributed by atoms with Crippen molar-refractivity contribution in [2.45, 2.75) is 26.7 Å². The molecule has 2 N–H and O–H groups in total. The number of likely N-dealkylation sites (tertiary alicyclic amines) is 1. The second-order valence-corrected chi connectivity index (χ2v) is 4.25. The maximum Gasteiger partial charge on any atom is 0.190 e. The van der Waals surface area contributed by atoms with Crippen LogP contribution in [0.1, 0.15) is 26.7 Å². The average molecular weight is 169 g/mol. The summed E-state index contributed by atoms with van der Waals surface area (Å²) < 4.78 is 0. The highest BCUT2D eigenvalue weighted by Gasteiger charge is 2.25. The minimum atomic E-state index is 0.477. The molecule has 1 aliphatic rings. The maximum atomic E-state index is 7.58. The second-order valence-electron chi connectivity index (χ2n) is 4.25. The fraction of sp³-hybridized carbons (Fsp3) is 0.889. The predicted molar refractivity (Wildman–Crippen MR) is 51.4 cm³/mol. The Morgan fingerprint density at radius 3 is 2.25 bits per heavy atom. The lowest BCUT2D eigenvalue weighted by molar-refractivity contribution is 0.185. The summed E-state index contributed by atoms with van der Waals surface area (Å²) in [6.07, 6.45) is 2.38. The Balaban J connectivity index is 2.41. The van der Waals surface area contributed by atoms with Gasteiger partial charge in [0, 0.05) is 20.1 Å². The average Bonchev–Trinajstić information content (AvgIpc) is 2.03. The van der Waals surface area contributed by atoms with Crippen LogP contribution in [0.4, 0.5) is 0 Å². The predicted octanol–water partition coefficient (Wildman–Crippen LogP) is 1.26. The van der Waals surface area contributed by atoms with Crippen molar-refractivity contribution in [1.82, 2.24) is 10.2 Å². The summed E-state index contributed by atoms with van der Waals surface area (Å²) in [5, 5.41) is 10.4. The molecule has 1 aliphatic heterocycles. The van der Waals surface area contributed by atoms with E-state index >= 15 is 0 Å². The summed E-state index contributed by atoms with van der Waals surface area (Å²) >= 11 is 0. The first-order chi connectivity index (χ1) is 5.55. The molecule has 3 nitrogen and oxygen atoms in total. The summed E-state index contributed by atoms with van der Waals surface area (Å²) in [5.74, 6) is 0.561. The van der Waals surface area contributed by atoms with E-state index in [0.717, 1.165) is 13.1 Å². The van der Waals surface area contributed by atoms with Crippen molar-refractivity contribution < 1.29 is 0 Å². The van der Waals surface area contributed by atoms with Gasteiger partial charge in [-0.15, -0.1) is 0 Å². The summed E-state index contributed by atoms with van der Waals surface area (Å²) in [7, 11) is 1.81. The molecule has 0 aromatic rings. The minimum Gasteiger partial charge on any atom is -0.359 e. The third-order valence-corrected chi connectivity index (χ3v) is 2.67. The summed E-state index contributed by atoms with van der Waals surface area (Å²) in [5.41, 5.74) is 0.477. The Kier molecular flexibility index (Phi) is 2.60. The highest BCUT2D eigenvalue weighted by Crippen LogP contribution is 2.29. The van der Waals surface area contributed by atoms with Crippen LogP contribution < -0.4 is 5.32 Å². The quantitative estimate of drug-likeness (QED) is 0.423. The van der Waals surface area contributed by atoms with Crippen molar-refractivity contribution in [3.8, 4) is 0 Å². The normalized spacial score (nSPS) is 22.1. The first-order valence-corrected chi connectivity index (χ1v) is 4.56. The Bertz CT molecular complexity index is 165. The molecule has 1 heterocycles. The largest absolute Gasteiger partial charge is 0.359 e. The van der Waals surface area contributed by atoms with Gasteiger partial charge in [0.1, 0.15) is 0 Å². The van der Waals surface area contributed by atoms with Gasteiger partial charge in [0.15, 0.2) is 5.96 Å². The van der Waals surface area contributed by atoms with Gasteiger partial charge in [-0.05, 0) is 18.3 Å². The molecule has 0 saturated carbocycles. The van der Waals surface area contributed by atoms with E-state index in [1.807, 2.05) is 7.05 Å². The molecule has 0 radical (unpaired) electrons. The lowest BCUT2D eigenvalue weighted by Gasteiger charge is -2.37. The zero-order chi connectivity index (χ0) is 9.19. The zero-order valence-corrected chi connectivity index (χ0v) is 8.28.